The van der Waals surface area contributed by atoms with E-state index in [0.717, 1.165) is 22.4 Å². The van der Waals surface area contributed by atoms with Gasteiger partial charge < -0.3 is 10.1 Å². The summed E-state index contributed by atoms with van der Waals surface area (Å²) in [6.07, 6.45) is 3.12. The molecule has 3 heterocycles. The second kappa shape index (κ2) is 9.17. The average Bonchev–Trinajstić information content (AvgIpc) is 3.55. The summed E-state index contributed by atoms with van der Waals surface area (Å²) >= 11 is 0. The van der Waals surface area contributed by atoms with E-state index in [4.69, 9.17) is 4.74 Å². The topological polar surface area (TPSA) is 125 Å². The van der Waals surface area contributed by atoms with E-state index in [1.807, 2.05) is 61.9 Å². The third-order valence-corrected chi connectivity index (χ3v) is 6.04. The Morgan fingerprint density at radius 2 is 1.83 bits per heavy atom. The van der Waals surface area contributed by atoms with Crippen LogP contribution in [0, 0.1) is 13.8 Å². The number of hydrogen-bond donors (Lipinski definition) is 2. The van der Waals surface area contributed by atoms with Crippen LogP contribution in [0.2, 0.25) is 0 Å². The standard InChI is InChI=1S/C25H26N8O3/c1-15-5-7-17(8-6-15)29-22(34)12-33-19-10-16(2)9-18(23(19)32(4)25(33)35)20-11-26-24(31(20)3)36-13-21-27-14-28-30-21/h5-11,14H,12-13H2,1-4H3,(H,29,34)(H,27,28,30). The predicted octanol–water partition coefficient (Wildman–Crippen LogP) is 2.69. The molecular formula is C25H26N8O3. The summed E-state index contributed by atoms with van der Waals surface area (Å²) in [6.45, 7) is 4.02. The van der Waals surface area contributed by atoms with E-state index < -0.39 is 0 Å². The number of rotatable bonds is 7. The van der Waals surface area contributed by atoms with Crippen molar-refractivity contribution in [3.63, 3.8) is 0 Å². The molecule has 11 nitrogen and oxygen atoms in total. The van der Waals surface area contributed by atoms with Crippen LogP contribution in [0.4, 0.5) is 5.69 Å². The van der Waals surface area contributed by atoms with Crippen molar-refractivity contribution in [2.24, 2.45) is 14.1 Å². The molecule has 5 aromatic rings. The van der Waals surface area contributed by atoms with E-state index in [-0.39, 0.29) is 24.7 Å². The van der Waals surface area contributed by atoms with Crippen LogP contribution in [0.25, 0.3) is 22.3 Å². The van der Waals surface area contributed by atoms with E-state index in [2.05, 4.69) is 25.5 Å². The minimum atomic E-state index is -0.278. The number of H-pyrrole nitrogens is 1. The highest BCUT2D eigenvalue weighted by atomic mass is 16.5. The monoisotopic (exact) mass is 486 g/mol. The van der Waals surface area contributed by atoms with Gasteiger partial charge in [0.2, 0.25) is 5.91 Å². The first kappa shape index (κ1) is 23.1. The van der Waals surface area contributed by atoms with Gasteiger partial charge in [-0.15, -0.1) is 0 Å². The first-order valence-corrected chi connectivity index (χ1v) is 11.4. The second-order valence-electron chi connectivity index (χ2n) is 8.73. The molecule has 0 bridgehead atoms. The third kappa shape index (κ3) is 4.26. The molecule has 0 radical (unpaired) electrons. The molecule has 0 fully saturated rings. The number of nitrogens with one attached hydrogen (secondary N) is 2. The molecule has 0 spiro atoms. The van der Waals surface area contributed by atoms with Gasteiger partial charge in [0, 0.05) is 25.3 Å². The van der Waals surface area contributed by atoms with Crippen LogP contribution >= 0.6 is 0 Å². The number of aromatic amines is 1. The summed E-state index contributed by atoms with van der Waals surface area (Å²) < 4.78 is 10.7. The molecule has 0 aliphatic carbocycles. The van der Waals surface area contributed by atoms with Gasteiger partial charge in [-0.05, 0) is 43.7 Å². The first-order chi connectivity index (χ1) is 17.3. The fourth-order valence-corrected chi connectivity index (χ4v) is 4.24. The Morgan fingerprint density at radius 3 is 2.56 bits per heavy atom. The lowest BCUT2D eigenvalue weighted by atomic mass is 10.1. The SMILES string of the molecule is Cc1ccc(NC(=O)Cn2c(=O)n(C)c3c(-c4cnc(OCc5ncn[nH]5)n4C)cc(C)cc32)cc1. The zero-order valence-corrected chi connectivity index (χ0v) is 20.4. The molecule has 5 rings (SSSR count). The highest BCUT2D eigenvalue weighted by Crippen LogP contribution is 2.31. The van der Waals surface area contributed by atoms with Gasteiger partial charge in [-0.1, -0.05) is 17.7 Å². The van der Waals surface area contributed by atoms with Crippen molar-refractivity contribution >= 4 is 22.6 Å². The van der Waals surface area contributed by atoms with Crippen molar-refractivity contribution in [3.8, 4) is 17.3 Å². The van der Waals surface area contributed by atoms with Crippen molar-refractivity contribution < 1.29 is 9.53 Å². The Hall–Kier alpha value is -4.67. The molecule has 2 N–H and O–H groups in total. The Labute approximate surface area is 206 Å². The molecule has 1 amide bonds. The van der Waals surface area contributed by atoms with Crippen LogP contribution in [-0.2, 0) is 32.0 Å². The quantitative estimate of drug-likeness (QED) is 0.364. The number of benzene rings is 2. The number of carbonyl (C=O) groups is 1. The van der Waals surface area contributed by atoms with Gasteiger partial charge in [-0.2, -0.15) is 5.10 Å². The lowest BCUT2D eigenvalue weighted by Crippen LogP contribution is -2.28. The molecular weight excluding hydrogens is 460 g/mol. The summed E-state index contributed by atoms with van der Waals surface area (Å²) in [7, 11) is 3.55. The Balaban J connectivity index is 1.49. The van der Waals surface area contributed by atoms with E-state index in [0.29, 0.717) is 28.6 Å². The largest absolute Gasteiger partial charge is 0.456 e. The molecule has 0 aliphatic heterocycles. The maximum atomic E-state index is 13.2. The summed E-state index contributed by atoms with van der Waals surface area (Å²) in [5, 5.41) is 9.43. The van der Waals surface area contributed by atoms with Crippen LogP contribution in [0.15, 0.2) is 53.7 Å². The fourth-order valence-electron chi connectivity index (χ4n) is 4.24. The molecule has 184 valence electrons. The number of fused-ring (bicyclic) bond motifs is 1. The summed E-state index contributed by atoms with van der Waals surface area (Å²) in [5.74, 6) is 0.307. The van der Waals surface area contributed by atoms with Crippen LogP contribution in [0.5, 0.6) is 6.01 Å². The molecule has 2 aromatic carbocycles. The van der Waals surface area contributed by atoms with E-state index in [1.165, 1.54) is 10.9 Å². The maximum Gasteiger partial charge on any atom is 0.329 e. The maximum absolute atomic E-state index is 13.2. The Morgan fingerprint density at radius 1 is 1.06 bits per heavy atom. The smallest absolute Gasteiger partial charge is 0.329 e. The number of imidazole rings is 2. The van der Waals surface area contributed by atoms with Gasteiger partial charge in [0.15, 0.2) is 12.4 Å². The molecule has 0 saturated carbocycles. The summed E-state index contributed by atoms with van der Waals surface area (Å²) in [6, 6.07) is 11.8. The lowest BCUT2D eigenvalue weighted by molar-refractivity contribution is -0.116. The Kier molecular flexibility index (Phi) is 5.88. The average molecular weight is 487 g/mol. The van der Waals surface area contributed by atoms with Gasteiger partial charge in [-0.3, -0.25) is 23.6 Å². The van der Waals surface area contributed by atoms with Crippen molar-refractivity contribution in [1.29, 1.82) is 0 Å². The highest BCUT2D eigenvalue weighted by molar-refractivity contribution is 5.95. The summed E-state index contributed by atoms with van der Waals surface area (Å²) in [4.78, 5) is 34.5. The van der Waals surface area contributed by atoms with E-state index >= 15 is 0 Å². The van der Waals surface area contributed by atoms with Gasteiger partial charge in [0.25, 0.3) is 6.01 Å². The normalized spacial score (nSPS) is 11.2. The van der Waals surface area contributed by atoms with Crippen LogP contribution < -0.4 is 15.7 Å². The zero-order chi connectivity index (χ0) is 25.4. The number of hydrogen-bond acceptors (Lipinski definition) is 6. The molecule has 0 unspecified atom stereocenters. The predicted molar refractivity (Wildman–Crippen MR) is 135 cm³/mol. The minimum absolute atomic E-state index is 0.107. The van der Waals surface area contributed by atoms with E-state index in [9.17, 15) is 9.59 Å². The van der Waals surface area contributed by atoms with Gasteiger partial charge in [0.05, 0.1) is 22.9 Å². The molecule has 36 heavy (non-hydrogen) atoms. The molecule has 11 heteroatoms. The number of aromatic nitrogens is 7. The minimum Gasteiger partial charge on any atom is -0.456 e. The van der Waals surface area contributed by atoms with Crippen LogP contribution in [-0.4, -0.2) is 39.8 Å². The van der Waals surface area contributed by atoms with Crippen LogP contribution in [0.3, 0.4) is 0 Å². The first-order valence-electron chi connectivity index (χ1n) is 11.4. The molecule has 0 aliphatic rings. The summed E-state index contributed by atoms with van der Waals surface area (Å²) in [5.41, 5.74) is 5.41. The molecule has 3 aromatic heterocycles. The zero-order valence-electron chi connectivity index (χ0n) is 20.4. The second-order valence-corrected chi connectivity index (χ2v) is 8.73. The van der Waals surface area contributed by atoms with Crippen molar-refractivity contribution in [1.82, 2.24) is 33.9 Å². The molecule has 0 atom stereocenters. The highest BCUT2D eigenvalue weighted by Gasteiger charge is 2.21. The number of nitrogens with zero attached hydrogens (tertiary/aromatic N) is 6. The van der Waals surface area contributed by atoms with Crippen molar-refractivity contribution in [2.75, 3.05) is 5.32 Å². The number of carbonyl (C=O) groups excluding carboxylic acids is 1. The lowest BCUT2D eigenvalue weighted by Gasteiger charge is -2.10. The van der Waals surface area contributed by atoms with Crippen molar-refractivity contribution in [2.45, 2.75) is 27.0 Å². The molecule has 0 saturated heterocycles. The van der Waals surface area contributed by atoms with E-state index in [1.54, 1.807) is 17.8 Å². The number of aryl methyl sites for hydroxylation is 3. The Bertz CT molecular complexity index is 1610. The number of ether oxygens (including phenoxy) is 1. The fraction of sp³-hybridized carbons (Fsp3) is 0.240. The number of amides is 1. The van der Waals surface area contributed by atoms with Crippen molar-refractivity contribution in [3.05, 3.63) is 76.4 Å². The van der Waals surface area contributed by atoms with Gasteiger partial charge in [-0.25, -0.2) is 14.8 Å². The van der Waals surface area contributed by atoms with Gasteiger partial charge >= 0.3 is 5.69 Å². The van der Waals surface area contributed by atoms with Gasteiger partial charge in [0.1, 0.15) is 12.9 Å². The third-order valence-electron chi connectivity index (χ3n) is 6.04. The number of anilines is 1. The van der Waals surface area contributed by atoms with Crippen LogP contribution in [0.1, 0.15) is 17.0 Å².